The van der Waals surface area contributed by atoms with Gasteiger partial charge in [-0.15, -0.1) is 0 Å². The number of halogens is 4. The summed E-state index contributed by atoms with van der Waals surface area (Å²) in [6, 6.07) is 5.63. The van der Waals surface area contributed by atoms with Crippen LogP contribution in [-0.2, 0) is 17.5 Å². The van der Waals surface area contributed by atoms with Gasteiger partial charge in [-0.3, -0.25) is 4.79 Å². The zero-order valence-electron chi connectivity index (χ0n) is 20.0. The number of anilines is 1. The molecule has 7 nitrogen and oxygen atoms in total. The fourth-order valence-electron chi connectivity index (χ4n) is 3.61. The van der Waals surface area contributed by atoms with Gasteiger partial charge in [0.1, 0.15) is 11.2 Å². The van der Waals surface area contributed by atoms with Crippen LogP contribution >= 0.6 is 11.6 Å². The number of hydrogen-bond acceptors (Lipinski definition) is 6. The number of carbonyl (C=O) groups excluding carboxylic acids is 1. The minimum atomic E-state index is -4.59. The van der Waals surface area contributed by atoms with E-state index in [1.54, 1.807) is 0 Å². The summed E-state index contributed by atoms with van der Waals surface area (Å²) in [7, 11) is 1.50. The van der Waals surface area contributed by atoms with Crippen molar-refractivity contribution in [1.82, 2.24) is 15.3 Å². The van der Waals surface area contributed by atoms with Crippen molar-refractivity contribution >= 4 is 23.3 Å². The number of rotatable bonds is 5. The highest BCUT2D eigenvalue weighted by atomic mass is 35.5. The third kappa shape index (κ3) is 6.61. The number of aromatic nitrogens is 2. The predicted octanol–water partition coefficient (Wildman–Crippen LogP) is 4.94. The molecule has 2 aromatic rings. The first-order chi connectivity index (χ1) is 16.7. The average molecular weight is 511 g/mol. The van der Waals surface area contributed by atoms with Crippen LogP contribution in [0, 0.1) is 16.7 Å². The number of nitriles is 1. The van der Waals surface area contributed by atoms with Gasteiger partial charge >= 0.3 is 6.18 Å². The van der Waals surface area contributed by atoms with Crippen LogP contribution in [0.15, 0.2) is 24.4 Å². The summed E-state index contributed by atoms with van der Waals surface area (Å²) in [4.78, 5) is 23.1. The molecule has 190 valence electrons. The second-order valence-electron chi connectivity index (χ2n) is 7.81. The van der Waals surface area contributed by atoms with Crippen LogP contribution < -0.4 is 16.0 Å². The fraction of sp³-hybridized carbons (Fsp3) is 0.500. The van der Waals surface area contributed by atoms with Crippen LogP contribution in [0.5, 0.6) is 0 Å². The Labute approximate surface area is 208 Å². The molecule has 1 aromatic heterocycles. The van der Waals surface area contributed by atoms with Gasteiger partial charge in [0.15, 0.2) is 5.82 Å². The van der Waals surface area contributed by atoms with Gasteiger partial charge in [-0.2, -0.15) is 18.4 Å². The van der Waals surface area contributed by atoms with Crippen molar-refractivity contribution in [1.29, 1.82) is 5.26 Å². The van der Waals surface area contributed by atoms with E-state index in [1.807, 2.05) is 18.7 Å². The number of nitrogens with one attached hydrogen (secondary N) is 1. The molecule has 0 radical (unpaired) electrons. The van der Waals surface area contributed by atoms with Crippen LogP contribution in [0.2, 0.25) is 5.02 Å². The number of nitrogens with zero attached hydrogens (tertiary/aromatic N) is 4. The zero-order valence-corrected chi connectivity index (χ0v) is 20.8. The number of carbonyl (C=O) groups is 1. The molecule has 2 heterocycles. The summed E-state index contributed by atoms with van der Waals surface area (Å²) in [6.07, 6.45) is -0.0356. The van der Waals surface area contributed by atoms with E-state index in [1.165, 1.54) is 25.4 Å². The van der Waals surface area contributed by atoms with Gasteiger partial charge in [-0.05, 0) is 50.9 Å². The van der Waals surface area contributed by atoms with E-state index < -0.39 is 17.2 Å². The van der Waals surface area contributed by atoms with Crippen molar-refractivity contribution in [3.8, 4) is 17.5 Å². The third-order valence-electron chi connectivity index (χ3n) is 5.62. The number of hydrogen-bond donors (Lipinski definition) is 2. The van der Waals surface area contributed by atoms with Gasteiger partial charge in [0.2, 0.25) is 5.91 Å². The largest absolute Gasteiger partial charge is 0.417 e. The van der Waals surface area contributed by atoms with Gasteiger partial charge in [-0.1, -0.05) is 25.4 Å². The van der Waals surface area contributed by atoms with E-state index in [0.717, 1.165) is 32.0 Å². The maximum absolute atomic E-state index is 13.2. The van der Waals surface area contributed by atoms with Crippen LogP contribution in [0.3, 0.4) is 0 Å². The maximum atomic E-state index is 13.2. The van der Waals surface area contributed by atoms with Gasteiger partial charge < -0.3 is 16.0 Å². The molecule has 1 aliphatic carbocycles. The van der Waals surface area contributed by atoms with Crippen molar-refractivity contribution in [3.63, 3.8) is 0 Å². The molecule has 1 aliphatic heterocycles. The van der Waals surface area contributed by atoms with Crippen LogP contribution in [0.25, 0.3) is 11.4 Å². The number of benzene rings is 1. The van der Waals surface area contributed by atoms with Crippen molar-refractivity contribution < 1.29 is 18.0 Å². The first-order valence-electron chi connectivity index (χ1n) is 11.5. The number of nitrogens with two attached hydrogens (primary N) is 1. The second kappa shape index (κ2) is 12.2. The Bertz CT molecular complexity index is 1060. The number of alkyl halides is 3. The first-order valence-corrected chi connectivity index (χ1v) is 11.9. The van der Waals surface area contributed by atoms with Crippen LogP contribution in [0.1, 0.15) is 50.7 Å². The monoisotopic (exact) mass is 510 g/mol. The zero-order chi connectivity index (χ0) is 26.2. The third-order valence-corrected chi connectivity index (χ3v) is 5.94. The lowest BCUT2D eigenvalue weighted by Crippen LogP contribution is -2.32. The van der Waals surface area contributed by atoms with E-state index in [0.29, 0.717) is 24.2 Å². The smallest absolute Gasteiger partial charge is 0.356 e. The highest BCUT2D eigenvalue weighted by Crippen LogP contribution is 2.45. The Hall–Kier alpha value is -2.90. The summed E-state index contributed by atoms with van der Waals surface area (Å²) in [5, 5.41) is 11.6. The van der Waals surface area contributed by atoms with E-state index in [4.69, 9.17) is 11.6 Å². The molecule has 0 bridgehead atoms. The normalized spacial score (nSPS) is 15.7. The molecule has 1 aromatic carbocycles. The van der Waals surface area contributed by atoms with Crippen molar-refractivity contribution in [2.24, 2.45) is 11.1 Å². The second-order valence-corrected chi connectivity index (χ2v) is 8.21. The summed E-state index contributed by atoms with van der Waals surface area (Å²) in [5.41, 5.74) is 3.47. The lowest BCUT2D eigenvalue weighted by molar-refractivity contribution is -0.137. The Kier molecular flexibility index (Phi) is 9.86. The van der Waals surface area contributed by atoms with E-state index in [2.05, 4.69) is 27.1 Å². The average Bonchev–Trinajstić information content (AvgIpc) is 3.49. The standard InChI is InChI=1S/C21H19ClF3N5O.C2H6.CH5N/c22-16-4-3-13(9-15(16)21(23,24)25)17-27-10-14(18(29-17)30-7-1-2-8-30)11-28-19(31)20(12-26)5-6-20;2*1-2/h3-4,9-10H,1-2,5-8,11H2,(H,28,31);1-2H3;2H2,1H3. The molecule has 1 saturated carbocycles. The Morgan fingerprint density at radius 1 is 1.26 bits per heavy atom. The molecule has 0 spiro atoms. The van der Waals surface area contributed by atoms with Gasteiger partial charge in [-0.25, -0.2) is 9.97 Å². The highest BCUT2D eigenvalue weighted by Gasteiger charge is 2.50. The molecule has 1 saturated heterocycles. The van der Waals surface area contributed by atoms with Gasteiger partial charge in [0.05, 0.1) is 16.7 Å². The van der Waals surface area contributed by atoms with Crippen molar-refractivity contribution in [2.75, 3.05) is 25.0 Å². The molecule has 3 N–H and O–H groups in total. The maximum Gasteiger partial charge on any atom is 0.417 e. The molecule has 0 atom stereocenters. The van der Waals surface area contributed by atoms with E-state index >= 15 is 0 Å². The van der Waals surface area contributed by atoms with E-state index in [9.17, 15) is 23.2 Å². The van der Waals surface area contributed by atoms with Crippen LogP contribution in [0.4, 0.5) is 19.0 Å². The summed E-state index contributed by atoms with van der Waals surface area (Å²) in [6.45, 7) is 5.66. The lowest BCUT2D eigenvalue weighted by Gasteiger charge is -2.21. The van der Waals surface area contributed by atoms with Gasteiger partial charge in [0.25, 0.3) is 0 Å². The fourth-order valence-corrected chi connectivity index (χ4v) is 3.83. The van der Waals surface area contributed by atoms with E-state index in [-0.39, 0.29) is 28.9 Å². The molecule has 1 amide bonds. The SMILES string of the molecule is CC.CN.N#CC1(C(=O)NCc2cnc(-c3ccc(Cl)c(C(F)(F)F)c3)nc2N2CCCC2)CC1. The quantitative estimate of drug-likeness (QED) is 0.590. The summed E-state index contributed by atoms with van der Waals surface area (Å²) >= 11 is 5.72. The molecule has 0 unspecified atom stereocenters. The van der Waals surface area contributed by atoms with Crippen molar-refractivity contribution in [2.45, 2.75) is 52.3 Å². The molecule has 4 rings (SSSR count). The van der Waals surface area contributed by atoms with Crippen molar-refractivity contribution in [3.05, 3.63) is 40.5 Å². The molecular formula is C24H30ClF3N6O. The Balaban J connectivity index is 0.00000103. The lowest BCUT2D eigenvalue weighted by atomic mass is 10.1. The van der Waals surface area contributed by atoms with Gasteiger partial charge in [0, 0.05) is 37.0 Å². The summed E-state index contributed by atoms with van der Waals surface area (Å²) < 4.78 is 39.7. The molecule has 11 heteroatoms. The molecule has 2 aliphatic rings. The Morgan fingerprint density at radius 3 is 2.43 bits per heavy atom. The minimum absolute atomic E-state index is 0.142. The molecule has 2 fully saturated rings. The van der Waals surface area contributed by atoms with Crippen LogP contribution in [-0.4, -0.2) is 36.0 Å². The first kappa shape index (κ1) is 28.3. The Morgan fingerprint density at radius 2 is 1.89 bits per heavy atom. The summed E-state index contributed by atoms with van der Waals surface area (Å²) in [5.74, 6) is 0.405. The number of amides is 1. The molecule has 35 heavy (non-hydrogen) atoms. The molecular weight excluding hydrogens is 481 g/mol. The minimum Gasteiger partial charge on any atom is -0.356 e. The predicted molar refractivity (Wildman–Crippen MR) is 130 cm³/mol. The highest BCUT2D eigenvalue weighted by molar-refractivity contribution is 6.31. The topological polar surface area (TPSA) is 108 Å².